The fraction of sp³-hybridized carbons (Fsp3) is 0.200. The van der Waals surface area contributed by atoms with Gasteiger partial charge in [0.25, 0.3) is 0 Å². The molecule has 0 bridgehead atoms. The van der Waals surface area contributed by atoms with Gasteiger partial charge in [0.05, 0.1) is 11.4 Å². The molecule has 7 heteroatoms. The maximum absolute atomic E-state index is 11.9. The molecule has 0 aliphatic carbocycles. The number of nitrogens with zero attached hydrogens (tertiary/aromatic N) is 1. The monoisotopic (exact) mass is 263 g/mol. The van der Waals surface area contributed by atoms with Gasteiger partial charge in [-0.05, 0) is 18.2 Å². The van der Waals surface area contributed by atoms with E-state index in [1.165, 1.54) is 0 Å². The Hall–Kier alpha value is -1.74. The quantitative estimate of drug-likeness (QED) is 0.622. The zero-order chi connectivity index (χ0) is 13.1. The Balaban J connectivity index is 3.10. The molecule has 0 aliphatic rings. The van der Waals surface area contributed by atoms with Crippen molar-refractivity contribution < 1.29 is 22.7 Å². The van der Waals surface area contributed by atoms with E-state index in [1.54, 1.807) is 6.07 Å². The molecule has 3 nitrogen and oxygen atoms in total. The number of carbonyl (C=O) groups is 1. The highest BCUT2D eigenvalue weighted by Crippen LogP contribution is 2.25. The minimum Gasteiger partial charge on any atom is -0.406 e. The van der Waals surface area contributed by atoms with Gasteiger partial charge in [0.15, 0.2) is 5.78 Å². The summed E-state index contributed by atoms with van der Waals surface area (Å²) in [7, 11) is 0. The zero-order valence-corrected chi connectivity index (χ0v) is 8.97. The minimum absolute atomic E-state index is 0.0305. The number of carbonyl (C=O) groups excluding carboxylic acids is 1. The van der Waals surface area contributed by atoms with Crippen molar-refractivity contribution in [1.29, 1.82) is 5.26 Å². The number of Topliss-reactive ketones (excluding diaryl/α,β-unsaturated/α-hetero) is 1. The van der Waals surface area contributed by atoms with Crippen molar-refractivity contribution in [3.63, 3.8) is 0 Å². The van der Waals surface area contributed by atoms with E-state index in [9.17, 15) is 18.0 Å². The van der Waals surface area contributed by atoms with Gasteiger partial charge in [-0.2, -0.15) is 5.26 Å². The highest BCUT2D eigenvalue weighted by Gasteiger charge is 2.31. The first-order valence-electron chi connectivity index (χ1n) is 4.26. The van der Waals surface area contributed by atoms with Crippen molar-refractivity contribution in [3.8, 4) is 11.8 Å². The highest BCUT2D eigenvalue weighted by atomic mass is 35.5. The SMILES string of the molecule is N#Cc1cc(OC(F)(F)F)ccc1C(=O)CCl. The summed E-state index contributed by atoms with van der Waals surface area (Å²) in [6.45, 7) is 0. The number of halogens is 4. The molecule has 0 spiro atoms. The largest absolute Gasteiger partial charge is 0.573 e. The Labute approximate surface area is 99.4 Å². The first-order chi connectivity index (χ1) is 7.87. The molecule has 0 aliphatic heterocycles. The van der Waals surface area contributed by atoms with Gasteiger partial charge >= 0.3 is 6.36 Å². The molecular weight excluding hydrogens is 259 g/mol. The molecule has 0 atom stereocenters. The summed E-state index contributed by atoms with van der Waals surface area (Å²) in [4.78, 5) is 11.2. The lowest BCUT2D eigenvalue weighted by molar-refractivity contribution is -0.274. The van der Waals surface area contributed by atoms with Crippen LogP contribution in [-0.2, 0) is 0 Å². The summed E-state index contributed by atoms with van der Waals surface area (Å²) < 4.78 is 39.3. The predicted molar refractivity (Wildman–Crippen MR) is 52.9 cm³/mol. The van der Waals surface area contributed by atoms with Crippen molar-refractivity contribution in [3.05, 3.63) is 29.3 Å². The number of nitriles is 1. The summed E-state index contributed by atoms with van der Waals surface area (Å²) in [6, 6.07) is 4.48. The standard InChI is InChI=1S/C10H5ClF3NO2/c11-4-9(16)8-2-1-7(3-6(8)5-15)17-10(12,13)14/h1-3H,4H2. The van der Waals surface area contributed by atoms with Gasteiger partial charge in [-0.3, -0.25) is 4.79 Å². The third kappa shape index (κ3) is 3.64. The van der Waals surface area contributed by atoms with Crippen LogP contribution in [0.5, 0.6) is 5.75 Å². The molecule has 90 valence electrons. The first kappa shape index (κ1) is 13.3. The van der Waals surface area contributed by atoms with Gasteiger partial charge in [-0.1, -0.05) is 0 Å². The van der Waals surface area contributed by atoms with Crippen LogP contribution in [0.15, 0.2) is 18.2 Å². The number of ketones is 1. The van der Waals surface area contributed by atoms with Crippen molar-refractivity contribution in [2.75, 3.05) is 5.88 Å². The molecule has 0 heterocycles. The van der Waals surface area contributed by atoms with E-state index in [0.29, 0.717) is 0 Å². The lowest BCUT2D eigenvalue weighted by atomic mass is 10.1. The van der Waals surface area contributed by atoms with E-state index in [0.717, 1.165) is 18.2 Å². The first-order valence-corrected chi connectivity index (χ1v) is 4.80. The van der Waals surface area contributed by atoms with Crippen LogP contribution in [0.1, 0.15) is 15.9 Å². The van der Waals surface area contributed by atoms with E-state index in [-0.39, 0.29) is 17.0 Å². The Morgan fingerprint density at radius 1 is 1.47 bits per heavy atom. The van der Waals surface area contributed by atoms with E-state index in [4.69, 9.17) is 16.9 Å². The van der Waals surface area contributed by atoms with Gasteiger partial charge in [0, 0.05) is 5.56 Å². The van der Waals surface area contributed by atoms with Gasteiger partial charge in [0.2, 0.25) is 0 Å². The maximum Gasteiger partial charge on any atom is 0.573 e. The molecule has 0 saturated carbocycles. The second-order valence-electron chi connectivity index (χ2n) is 2.92. The van der Waals surface area contributed by atoms with Crippen LogP contribution in [0, 0.1) is 11.3 Å². The molecule has 1 rings (SSSR count). The van der Waals surface area contributed by atoms with Gasteiger partial charge in [0.1, 0.15) is 11.8 Å². The summed E-state index contributed by atoms with van der Waals surface area (Å²) in [5, 5.41) is 8.70. The molecule has 0 amide bonds. The molecular formula is C10H5ClF3NO2. The minimum atomic E-state index is -4.84. The van der Waals surface area contributed by atoms with Crippen LogP contribution in [0.3, 0.4) is 0 Å². The average molecular weight is 264 g/mol. The van der Waals surface area contributed by atoms with E-state index < -0.39 is 17.9 Å². The smallest absolute Gasteiger partial charge is 0.406 e. The number of hydrogen-bond acceptors (Lipinski definition) is 3. The summed E-state index contributed by atoms with van der Waals surface area (Å²) >= 11 is 5.29. The second-order valence-corrected chi connectivity index (χ2v) is 3.19. The molecule has 0 radical (unpaired) electrons. The average Bonchev–Trinajstić information content (AvgIpc) is 2.25. The van der Waals surface area contributed by atoms with Gasteiger partial charge in [-0.15, -0.1) is 24.8 Å². The van der Waals surface area contributed by atoms with E-state index in [1.807, 2.05) is 0 Å². The highest BCUT2D eigenvalue weighted by molar-refractivity contribution is 6.30. The summed E-state index contributed by atoms with van der Waals surface area (Å²) in [5.74, 6) is -1.45. The van der Waals surface area contributed by atoms with Crippen molar-refractivity contribution in [2.45, 2.75) is 6.36 Å². The molecule has 0 N–H and O–H groups in total. The normalized spacial score (nSPS) is 10.8. The van der Waals surface area contributed by atoms with E-state index in [2.05, 4.69) is 4.74 Å². The molecule has 1 aromatic rings. The van der Waals surface area contributed by atoms with E-state index >= 15 is 0 Å². The van der Waals surface area contributed by atoms with Crippen molar-refractivity contribution in [2.24, 2.45) is 0 Å². The molecule has 0 fully saturated rings. The fourth-order valence-electron chi connectivity index (χ4n) is 1.13. The molecule has 17 heavy (non-hydrogen) atoms. The second kappa shape index (κ2) is 5.06. The van der Waals surface area contributed by atoms with Gasteiger partial charge in [-0.25, -0.2) is 0 Å². The Morgan fingerprint density at radius 3 is 2.59 bits per heavy atom. The number of ether oxygens (including phenoxy) is 1. The van der Waals surface area contributed by atoms with Crippen molar-refractivity contribution in [1.82, 2.24) is 0 Å². The lowest BCUT2D eigenvalue weighted by Gasteiger charge is -2.09. The summed E-state index contributed by atoms with van der Waals surface area (Å²) in [5.41, 5.74) is -0.241. The molecule has 0 saturated heterocycles. The lowest BCUT2D eigenvalue weighted by Crippen LogP contribution is -2.17. The van der Waals surface area contributed by atoms with Crippen molar-refractivity contribution >= 4 is 17.4 Å². The topological polar surface area (TPSA) is 50.1 Å². The van der Waals surface area contributed by atoms with Crippen LogP contribution in [0.2, 0.25) is 0 Å². The van der Waals surface area contributed by atoms with Crippen LogP contribution < -0.4 is 4.74 Å². The molecule has 0 aromatic heterocycles. The van der Waals surface area contributed by atoms with Gasteiger partial charge < -0.3 is 4.74 Å². The Kier molecular flexibility index (Phi) is 3.97. The Morgan fingerprint density at radius 2 is 2.12 bits per heavy atom. The molecule has 0 unspecified atom stereocenters. The number of rotatable bonds is 3. The fourth-order valence-corrected chi connectivity index (χ4v) is 1.27. The number of hydrogen-bond donors (Lipinski definition) is 0. The third-order valence-corrected chi connectivity index (χ3v) is 2.01. The zero-order valence-electron chi connectivity index (χ0n) is 8.21. The van der Waals surface area contributed by atoms with Crippen LogP contribution in [0.4, 0.5) is 13.2 Å². The van der Waals surface area contributed by atoms with Crippen LogP contribution in [0.25, 0.3) is 0 Å². The maximum atomic E-state index is 11.9. The summed E-state index contributed by atoms with van der Waals surface area (Å²) in [6.07, 6.45) is -4.84. The number of alkyl halides is 4. The predicted octanol–water partition coefficient (Wildman–Crippen LogP) is 2.88. The third-order valence-electron chi connectivity index (χ3n) is 1.77. The van der Waals surface area contributed by atoms with Crippen LogP contribution in [-0.4, -0.2) is 18.0 Å². The number of benzene rings is 1. The Bertz CT molecular complexity index is 479. The van der Waals surface area contributed by atoms with Crippen LogP contribution >= 0.6 is 11.6 Å². The molecule has 1 aromatic carbocycles.